The number of amides is 1. The highest BCUT2D eigenvalue weighted by atomic mass is 32.2. The van der Waals surface area contributed by atoms with Crippen LogP contribution in [0.2, 0.25) is 0 Å². The summed E-state index contributed by atoms with van der Waals surface area (Å²) in [4.78, 5) is 30.1. The SMILES string of the molecule is CCCCCCn1c(SCC(=O)NCCc2ccc(OC)cc2)nc2ccccc2c1=O. The molecule has 1 amide bonds. The Balaban J connectivity index is 1.60. The van der Waals surface area contributed by atoms with Gasteiger partial charge in [-0.1, -0.05) is 62.2 Å². The number of rotatable bonds is 12. The number of benzene rings is 2. The molecule has 3 rings (SSSR count). The molecule has 6 nitrogen and oxygen atoms in total. The third-order valence-electron chi connectivity index (χ3n) is 5.29. The van der Waals surface area contributed by atoms with Crippen molar-refractivity contribution in [2.45, 2.75) is 50.7 Å². The third kappa shape index (κ3) is 6.60. The van der Waals surface area contributed by atoms with E-state index in [9.17, 15) is 9.59 Å². The van der Waals surface area contributed by atoms with Crippen molar-refractivity contribution in [1.82, 2.24) is 14.9 Å². The third-order valence-corrected chi connectivity index (χ3v) is 6.27. The number of hydrogen-bond acceptors (Lipinski definition) is 5. The summed E-state index contributed by atoms with van der Waals surface area (Å²) in [5.41, 5.74) is 1.77. The van der Waals surface area contributed by atoms with E-state index in [2.05, 4.69) is 17.2 Å². The van der Waals surface area contributed by atoms with Crippen molar-refractivity contribution in [2.24, 2.45) is 0 Å². The van der Waals surface area contributed by atoms with Gasteiger partial charge in [0.25, 0.3) is 5.56 Å². The van der Waals surface area contributed by atoms with Crippen LogP contribution in [-0.2, 0) is 17.8 Å². The summed E-state index contributed by atoms with van der Waals surface area (Å²) in [7, 11) is 1.64. The Labute approximate surface area is 193 Å². The van der Waals surface area contributed by atoms with E-state index in [1.165, 1.54) is 11.8 Å². The molecule has 7 heteroatoms. The van der Waals surface area contributed by atoms with Gasteiger partial charge in [-0.05, 0) is 42.7 Å². The zero-order chi connectivity index (χ0) is 22.8. The van der Waals surface area contributed by atoms with Gasteiger partial charge in [0.15, 0.2) is 5.16 Å². The molecule has 0 atom stereocenters. The first kappa shape index (κ1) is 23.9. The first-order valence-electron chi connectivity index (χ1n) is 11.1. The molecule has 0 saturated carbocycles. The van der Waals surface area contributed by atoms with Gasteiger partial charge in [0, 0.05) is 13.1 Å². The van der Waals surface area contributed by atoms with Gasteiger partial charge in [0.1, 0.15) is 5.75 Å². The molecule has 0 unspecified atom stereocenters. The molecule has 0 spiro atoms. The van der Waals surface area contributed by atoms with E-state index in [0.29, 0.717) is 29.1 Å². The average Bonchev–Trinajstić information content (AvgIpc) is 2.82. The van der Waals surface area contributed by atoms with E-state index in [1.54, 1.807) is 11.7 Å². The van der Waals surface area contributed by atoms with Gasteiger partial charge in [-0.2, -0.15) is 0 Å². The summed E-state index contributed by atoms with van der Waals surface area (Å²) in [6.07, 6.45) is 5.04. The van der Waals surface area contributed by atoms with Crippen LogP contribution in [0.25, 0.3) is 10.9 Å². The van der Waals surface area contributed by atoms with E-state index in [4.69, 9.17) is 4.74 Å². The van der Waals surface area contributed by atoms with E-state index < -0.39 is 0 Å². The predicted octanol–water partition coefficient (Wildman–Crippen LogP) is 4.44. The minimum Gasteiger partial charge on any atom is -0.497 e. The summed E-state index contributed by atoms with van der Waals surface area (Å²) in [5, 5.41) is 4.18. The summed E-state index contributed by atoms with van der Waals surface area (Å²) in [6.45, 7) is 3.34. The Morgan fingerprint density at radius 3 is 2.62 bits per heavy atom. The smallest absolute Gasteiger partial charge is 0.262 e. The molecule has 3 aromatic rings. The molecule has 0 aliphatic carbocycles. The Kier molecular flexibility index (Phi) is 9.16. The van der Waals surface area contributed by atoms with Crippen molar-refractivity contribution in [3.05, 3.63) is 64.4 Å². The average molecular weight is 454 g/mol. The molecular weight excluding hydrogens is 422 g/mol. The maximum Gasteiger partial charge on any atom is 0.262 e. The number of hydrogen-bond donors (Lipinski definition) is 1. The van der Waals surface area contributed by atoms with Crippen LogP contribution in [0.1, 0.15) is 38.2 Å². The van der Waals surface area contributed by atoms with E-state index in [-0.39, 0.29) is 17.2 Å². The second kappa shape index (κ2) is 12.3. The molecule has 1 heterocycles. The Morgan fingerprint density at radius 1 is 1.09 bits per heavy atom. The van der Waals surface area contributed by atoms with Crippen molar-refractivity contribution >= 4 is 28.6 Å². The fourth-order valence-corrected chi connectivity index (χ4v) is 4.33. The van der Waals surface area contributed by atoms with Gasteiger partial charge in [0.2, 0.25) is 5.91 Å². The Morgan fingerprint density at radius 2 is 1.88 bits per heavy atom. The molecule has 1 aromatic heterocycles. The maximum absolute atomic E-state index is 13.0. The normalized spacial score (nSPS) is 10.9. The number of fused-ring (bicyclic) bond motifs is 1. The number of aromatic nitrogens is 2. The van der Waals surface area contributed by atoms with Gasteiger partial charge >= 0.3 is 0 Å². The molecule has 0 radical (unpaired) electrons. The number of thioether (sulfide) groups is 1. The molecule has 0 saturated heterocycles. The number of carbonyl (C=O) groups excluding carboxylic acids is 1. The van der Waals surface area contributed by atoms with Crippen LogP contribution in [0.3, 0.4) is 0 Å². The highest BCUT2D eigenvalue weighted by Gasteiger charge is 2.13. The second-order valence-corrected chi connectivity index (χ2v) is 8.61. The van der Waals surface area contributed by atoms with E-state index >= 15 is 0 Å². The molecule has 0 bridgehead atoms. The summed E-state index contributed by atoms with van der Waals surface area (Å²) in [5.74, 6) is 0.976. The molecule has 0 aliphatic rings. The summed E-state index contributed by atoms with van der Waals surface area (Å²) >= 11 is 1.32. The Hall–Kier alpha value is -2.80. The first-order valence-corrected chi connectivity index (χ1v) is 12.1. The van der Waals surface area contributed by atoms with Gasteiger partial charge in [0.05, 0.1) is 23.8 Å². The molecule has 2 aromatic carbocycles. The van der Waals surface area contributed by atoms with Crippen molar-refractivity contribution < 1.29 is 9.53 Å². The number of unbranched alkanes of at least 4 members (excludes halogenated alkanes) is 3. The van der Waals surface area contributed by atoms with Crippen molar-refractivity contribution in [1.29, 1.82) is 0 Å². The molecule has 170 valence electrons. The lowest BCUT2D eigenvalue weighted by Gasteiger charge is -2.13. The fraction of sp³-hybridized carbons (Fsp3) is 0.400. The summed E-state index contributed by atoms with van der Waals surface area (Å²) in [6, 6.07) is 15.2. The lowest BCUT2D eigenvalue weighted by molar-refractivity contribution is -0.118. The predicted molar refractivity (Wildman–Crippen MR) is 131 cm³/mol. The number of nitrogens with zero attached hydrogens (tertiary/aromatic N) is 2. The highest BCUT2D eigenvalue weighted by molar-refractivity contribution is 7.99. The van der Waals surface area contributed by atoms with Gasteiger partial charge in [-0.3, -0.25) is 14.2 Å². The van der Waals surface area contributed by atoms with E-state index in [0.717, 1.165) is 43.4 Å². The van der Waals surface area contributed by atoms with Crippen LogP contribution in [0.5, 0.6) is 5.75 Å². The van der Waals surface area contributed by atoms with Crippen LogP contribution >= 0.6 is 11.8 Å². The number of ether oxygens (including phenoxy) is 1. The number of carbonyl (C=O) groups is 1. The lowest BCUT2D eigenvalue weighted by Crippen LogP contribution is -2.28. The number of methoxy groups -OCH3 is 1. The van der Waals surface area contributed by atoms with Crippen LogP contribution in [0, 0.1) is 0 Å². The fourth-order valence-electron chi connectivity index (χ4n) is 3.47. The maximum atomic E-state index is 13.0. The molecule has 0 fully saturated rings. The van der Waals surface area contributed by atoms with Crippen LogP contribution in [0.4, 0.5) is 0 Å². The van der Waals surface area contributed by atoms with Crippen molar-refractivity contribution in [2.75, 3.05) is 19.4 Å². The van der Waals surface area contributed by atoms with Crippen LogP contribution in [-0.4, -0.2) is 34.9 Å². The zero-order valence-electron chi connectivity index (χ0n) is 18.8. The lowest BCUT2D eigenvalue weighted by atomic mass is 10.1. The quantitative estimate of drug-likeness (QED) is 0.249. The topological polar surface area (TPSA) is 73.2 Å². The van der Waals surface area contributed by atoms with Crippen molar-refractivity contribution in [3.8, 4) is 5.75 Å². The largest absolute Gasteiger partial charge is 0.497 e. The molecule has 0 aliphatic heterocycles. The first-order chi connectivity index (χ1) is 15.6. The monoisotopic (exact) mass is 453 g/mol. The van der Waals surface area contributed by atoms with Crippen LogP contribution in [0.15, 0.2) is 58.5 Å². The minimum atomic E-state index is -0.0662. The van der Waals surface area contributed by atoms with Gasteiger partial charge < -0.3 is 10.1 Å². The molecule has 32 heavy (non-hydrogen) atoms. The van der Waals surface area contributed by atoms with Gasteiger partial charge in [-0.25, -0.2) is 4.98 Å². The van der Waals surface area contributed by atoms with E-state index in [1.807, 2.05) is 48.5 Å². The highest BCUT2D eigenvalue weighted by Crippen LogP contribution is 2.18. The summed E-state index contributed by atoms with van der Waals surface area (Å²) < 4.78 is 6.89. The van der Waals surface area contributed by atoms with Gasteiger partial charge in [-0.15, -0.1) is 0 Å². The molecule has 1 N–H and O–H groups in total. The molecular formula is C25H31N3O3S. The number of nitrogens with one attached hydrogen (secondary N) is 1. The standard InChI is InChI=1S/C25H31N3O3S/c1-3-4-5-8-17-28-24(30)21-9-6-7-10-22(21)27-25(28)32-18-23(29)26-16-15-19-11-13-20(31-2)14-12-19/h6-7,9-14H,3-5,8,15-18H2,1-2H3,(H,26,29). The number of para-hydroxylation sites is 1. The van der Waals surface area contributed by atoms with Crippen LogP contribution < -0.4 is 15.6 Å². The minimum absolute atomic E-state index is 0.0329. The Bertz CT molecular complexity index is 1080. The zero-order valence-corrected chi connectivity index (χ0v) is 19.6. The second-order valence-electron chi connectivity index (χ2n) is 7.67. The van der Waals surface area contributed by atoms with Crippen molar-refractivity contribution in [3.63, 3.8) is 0 Å².